The van der Waals surface area contributed by atoms with Gasteiger partial charge >= 0.3 is 0 Å². The molecule has 4 aromatic rings. The number of methoxy groups -OCH3 is 1. The van der Waals surface area contributed by atoms with Crippen LogP contribution in [0.1, 0.15) is 0 Å². The van der Waals surface area contributed by atoms with E-state index >= 15 is 0 Å². The maximum atomic E-state index is 5.12. The summed E-state index contributed by atoms with van der Waals surface area (Å²) in [6.45, 7) is 0. The van der Waals surface area contributed by atoms with Crippen molar-refractivity contribution < 1.29 is 4.74 Å². The number of imidazole rings is 1. The Bertz CT molecular complexity index is 946. The van der Waals surface area contributed by atoms with E-state index in [4.69, 9.17) is 4.74 Å². The van der Waals surface area contributed by atoms with E-state index in [2.05, 4.69) is 21.0 Å². The summed E-state index contributed by atoms with van der Waals surface area (Å²) in [5.74, 6) is 0.602. The number of fused-ring (bicyclic) bond motifs is 1. The highest BCUT2D eigenvalue weighted by atomic mass is 16.5. The van der Waals surface area contributed by atoms with Gasteiger partial charge in [-0.05, 0) is 18.2 Å². The maximum Gasteiger partial charge on any atom is 0.212 e. The first-order valence-corrected chi connectivity index (χ1v) is 7.22. The molecular formula is C18H14N4O. The highest BCUT2D eigenvalue weighted by Gasteiger charge is 2.09. The standard InChI is InChI=1S/C18H14N4O/c1-23-18-5-4-13(9-21-18)15-7-16(14-3-2-6-19-8-14)17-10-20-12-22(17)11-15/h2-12H,1H3. The van der Waals surface area contributed by atoms with Gasteiger partial charge in [-0.1, -0.05) is 6.07 Å². The van der Waals surface area contributed by atoms with E-state index in [1.165, 1.54) is 0 Å². The molecule has 0 amide bonds. The van der Waals surface area contributed by atoms with Crippen molar-refractivity contribution in [2.24, 2.45) is 0 Å². The zero-order valence-corrected chi connectivity index (χ0v) is 12.5. The first-order chi connectivity index (χ1) is 11.3. The number of hydrogen-bond acceptors (Lipinski definition) is 4. The largest absolute Gasteiger partial charge is 0.481 e. The van der Waals surface area contributed by atoms with Crippen LogP contribution in [0.3, 0.4) is 0 Å². The van der Waals surface area contributed by atoms with Crippen LogP contribution in [0.25, 0.3) is 27.8 Å². The Balaban J connectivity index is 1.91. The molecule has 0 saturated carbocycles. The smallest absolute Gasteiger partial charge is 0.212 e. The second-order valence-corrected chi connectivity index (χ2v) is 5.16. The predicted molar refractivity (Wildman–Crippen MR) is 88.2 cm³/mol. The van der Waals surface area contributed by atoms with Gasteiger partial charge in [0.25, 0.3) is 0 Å². The molecule has 0 aliphatic carbocycles. The van der Waals surface area contributed by atoms with Gasteiger partial charge < -0.3 is 9.14 Å². The average Bonchev–Trinajstić information content (AvgIpc) is 3.10. The van der Waals surface area contributed by atoms with Gasteiger partial charge in [-0.25, -0.2) is 9.97 Å². The van der Waals surface area contributed by atoms with Crippen molar-refractivity contribution in [3.05, 3.63) is 67.6 Å². The lowest BCUT2D eigenvalue weighted by atomic mass is 10.0. The SMILES string of the molecule is COc1ccc(-c2cc(-c3cccnc3)c3cncn3c2)cn1. The fourth-order valence-electron chi connectivity index (χ4n) is 2.62. The molecule has 5 nitrogen and oxygen atoms in total. The van der Waals surface area contributed by atoms with Gasteiger partial charge in [-0.2, -0.15) is 0 Å². The molecule has 0 saturated heterocycles. The highest BCUT2D eigenvalue weighted by molar-refractivity contribution is 5.83. The second kappa shape index (κ2) is 5.53. The molecule has 0 unspecified atom stereocenters. The van der Waals surface area contributed by atoms with Crippen LogP contribution < -0.4 is 4.74 Å². The first kappa shape index (κ1) is 13.5. The Hall–Kier alpha value is -3.21. The van der Waals surface area contributed by atoms with E-state index in [1.54, 1.807) is 19.6 Å². The topological polar surface area (TPSA) is 52.3 Å². The van der Waals surface area contributed by atoms with Crippen molar-refractivity contribution in [3.8, 4) is 28.1 Å². The number of hydrogen-bond donors (Lipinski definition) is 0. The monoisotopic (exact) mass is 302 g/mol. The quantitative estimate of drug-likeness (QED) is 0.581. The average molecular weight is 302 g/mol. The first-order valence-electron chi connectivity index (χ1n) is 7.22. The Morgan fingerprint density at radius 2 is 1.91 bits per heavy atom. The lowest BCUT2D eigenvalue weighted by molar-refractivity contribution is 0.398. The molecule has 0 atom stereocenters. The third kappa shape index (κ3) is 2.42. The highest BCUT2D eigenvalue weighted by Crippen LogP contribution is 2.30. The molecule has 5 heteroatoms. The fraction of sp³-hybridized carbons (Fsp3) is 0.0556. The molecule has 23 heavy (non-hydrogen) atoms. The van der Waals surface area contributed by atoms with Gasteiger partial charge in [0.05, 0.1) is 25.2 Å². The number of ether oxygens (including phenoxy) is 1. The molecule has 4 heterocycles. The summed E-state index contributed by atoms with van der Waals surface area (Å²) in [5.41, 5.74) is 5.27. The minimum Gasteiger partial charge on any atom is -0.481 e. The van der Waals surface area contributed by atoms with E-state index in [9.17, 15) is 0 Å². The van der Waals surface area contributed by atoms with E-state index in [1.807, 2.05) is 53.5 Å². The van der Waals surface area contributed by atoms with Gasteiger partial charge in [0.15, 0.2) is 0 Å². The van der Waals surface area contributed by atoms with Crippen LogP contribution in [-0.2, 0) is 0 Å². The van der Waals surface area contributed by atoms with Crippen LogP contribution in [0.5, 0.6) is 5.88 Å². The molecule has 0 radical (unpaired) electrons. The lowest BCUT2D eigenvalue weighted by Gasteiger charge is -2.09. The molecule has 0 aliphatic rings. The molecule has 0 spiro atoms. The third-order valence-corrected chi connectivity index (χ3v) is 3.77. The van der Waals surface area contributed by atoms with Crippen LogP contribution in [-0.4, -0.2) is 26.5 Å². The molecule has 0 bridgehead atoms. The number of nitrogens with zero attached hydrogens (tertiary/aromatic N) is 4. The maximum absolute atomic E-state index is 5.12. The van der Waals surface area contributed by atoms with E-state index in [0.717, 1.165) is 27.8 Å². The zero-order chi connectivity index (χ0) is 15.6. The number of aromatic nitrogens is 4. The van der Waals surface area contributed by atoms with Crippen molar-refractivity contribution >= 4 is 5.52 Å². The Morgan fingerprint density at radius 3 is 2.65 bits per heavy atom. The molecule has 112 valence electrons. The summed E-state index contributed by atoms with van der Waals surface area (Å²) in [6, 6.07) is 9.97. The third-order valence-electron chi connectivity index (χ3n) is 3.77. The summed E-state index contributed by atoms with van der Waals surface area (Å²) in [4.78, 5) is 12.8. The predicted octanol–water partition coefficient (Wildman–Crippen LogP) is 3.47. The van der Waals surface area contributed by atoms with Gasteiger partial charge in [0, 0.05) is 53.1 Å². The molecular weight excluding hydrogens is 288 g/mol. The van der Waals surface area contributed by atoms with Crippen LogP contribution in [0.2, 0.25) is 0 Å². The molecule has 0 aliphatic heterocycles. The zero-order valence-electron chi connectivity index (χ0n) is 12.5. The van der Waals surface area contributed by atoms with Gasteiger partial charge in [0.1, 0.15) is 0 Å². The van der Waals surface area contributed by atoms with Crippen molar-refractivity contribution in [1.82, 2.24) is 19.4 Å². The summed E-state index contributed by atoms with van der Waals surface area (Å²) in [6.07, 6.45) is 11.1. The van der Waals surface area contributed by atoms with E-state index in [0.29, 0.717) is 5.88 Å². The van der Waals surface area contributed by atoms with Gasteiger partial charge in [-0.3, -0.25) is 4.98 Å². The van der Waals surface area contributed by atoms with Gasteiger partial charge in [0.2, 0.25) is 5.88 Å². The van der Waals surface area contributed by atoms with Gasteiger partial charge in [-0.15, -0.1) is 0 Å². The molecule has 4 aromatic heterocycles. The molecule has 0 fully saturated rings. The van der Waals surface area contributed by atoms with Crippen LogP contribution >= 0.6 is 0 Å². The Morgan fingerprint density at radius 1 is 0.957 bits per heavy atom. The minimum absolute atomic E-state index is 0.602. The summed E-state index contributed by atoms with van der Waals surface area (Å²) >= 11 is 0. The number of pyridine rings is 3. The van der Waals surface area contributed by atoms with Crippen LogP contribution in [0.15, 0.2) is 67.6 Å². The van der Waals surface area contributed by atoms with Crippen LogP contribution in [0, 0.1) is 0 Å². The molecule has 0 N–H and O–H groups in total. The van der Waals surface area contributed by atoms with Crippen molar-refractivity contribution in [2.45, 2.75) is 0 Å². The summed E-state index contributed by atoms with van der Waals surface area (Å²) in [7, 11) is 1.61. The van der Waals surface area contributed by atoms with E-state index < -0.39 is 0 Å². The summed E-state index contributed by atoms with van der Waals surface area (Å²) in [5, 5.41) is 0. The number of rotatable bonds is 3. The van der Waals surface area contributed by atoms with E-state index in [-0.39, 0.29) is 0 Å². The fourth-order valence-corrected chi connectivity index (χ4v) is 2.62. The second-order valence-electron chi connectivity index (χ2n) is 5.16. The van der Waals surface area contributed by atoms with Crippen molar-refractivity contribution in [1.29, 1.82) is 0 Å². The van der Waals surface area contributed by atoms with Crippen molar-refractivity contribution in [2.75, 3.05) is 7.11 Å². The van der Waals surface area contributed by atoms with Crippen LogP contribution in [0.4, 0.5) is 0 Å². The Labute approximate surface area is 133 Å². The molecule has 0 aromatic carbocycles. The summed E-state index contributed by atoms with van der Waals surface area (Å²) < 4.78 is 7.14. The minimum atomic E-state index is 0.602. The lowest BCUT2D eigenvalue weighted by Crippen LogP contribution is -1.92. The normalized spacial score (nSPS) is 10.8. The van der Waals surface area contributed by atoms with Crippen molar-refractivity contribution in [3.63, 3.8) is 0 Å². The Kier molecular flexibility index (Phi) is 3.24. The molecule has 4 rings (SSSR count).